The Labute approximate surface area is 94.3 Å². The van der Waals surface area contributed by atoms with Crippen molar-refractivity contribution in [2.45, 2.75) is 26.6 Å². The Bertz CT molecular complexity index is 444. The molecule has 0 aliphatic heterocycles. The zero-order valence-electron chi connectivity index (χ0n) is 9.59. The van der Waals surface area contributed by atoms with Gasteiger partial charge in [0.25, 0.3) is 0 Å². The normalized spacial score (nSPS) is 10.9. The summed E-state index contributed by atoms with van der Waals surface area (Å²) in [5, 5.41) is 11.6. The molecular formula is C10H16N6. The Morgan fingerprint density at radius 3 is 2.94 bits per heavy atom. The van der Waals surface area contributed by atoms with E-state index in [0.29, 0.717) is 6.54 Å². The highest BCUT2D eigenvalue weighted by Crippen LogP contribution is 2.00. The number of aromatic nitrogens is 5. The standard InChI is InChI=1S/C10H16N6/c1-3-15-6-9(4-13-15)7-16-8-12-10(14-16)5-11-2/h4,6,8,11H,3,5,7H2,1-2H3. The number of nitrogens with zero attached hydrogens (tertiary/aromatic N) is 5. The molecule has 0 aliphatic rings. The number of aryl methyl sites for hydroxylation is 1. The van der Waals surface area contributed by atoms with Crippen LogP contribution >= 0.6 is 0 Å². The molecule has 0 radical (unpaired) electrons. The van der Waals surface area contributed by atoms with Crippen molar-refractivity contribution in [1.82, 2.24) is 29.9 Å². The van der Waals surface area contributed by atoms with Gasteiger partial charge in [0.05, 0.1) is 19.3 Å². The third-order valence-electron chi connectivity index (χ3n) is 2.27. The zero-order valence-corrected chi connectivity index (χ0v) is 9.59. The Morgan fingerprint density at radius 2 is 2.25 bits per heavy atom. The van der Waals surface area contributed by atoms with E-state index in [9.17, 15) is 0 Å². The van der Waals surface area contributed by atoms with Crippen molar-refractivity contribution in [2.75, 3.05) is 7.05 Å². The summed E-state index contributed by atoms with van der Waals surface area (Å²) in [6.07, 6.45) is 5.64. The number of rotatable bonds is 5. The summed E-state index contributed by atoms with van der Waals surface area (Å²) >= 11 is 0. The predicted molar refractivity (Wildman–Crippen MR) is 59.8 cm³/mol. The minimum atomic E-state index is 0.696. The summed E-state index contributed by atoms with van der Waals surface area (Å²) in [5.41, 5.74) is 1.14. The second kappa shape index (κ2) is 4.89. The molecule has 0 fully saturated rings. The van der Waals surface area contributed by atoms with Crippen molar-refractivity contribution in [3.05, 3.63) is 30.1 Å². The fourth-order valence-corrected chi connectivity index (χ4v) is 1.50. The average Bonchev–Trinajstić information content (AvgIpc) is 2.89. The molecule has 86 valence electrons. The summed E-state index contributed by atoms with van der Waals surface area (Å²) in [6, 6.07) is 0. The average molecular weight is 220 g/mol. The molecule has 1 N–H and O–H groups in total. The van der Waals surface area contributed by atoms with Crippen LogP contribution in [0.2, 0.25) is 0 Å². The van der Waals surface area contributed by atoms with Crippen molar-refractivity contribution in [3.63, 3.8) is 0 Å². The second-order valence-corrected chi connectivity index (χ2v) is 3.59. The molecule has 6 nitrogen and oxygen atoms in total. The Balaban J connectivity index is 2.02. The van der Waals surface area contributed by atoms with Gasteiger partial charge < -0.3 is 5.32 Å². The fraction of sp³-hybridized carbons (Fsp3) is 0.500. The first-order valence-electron chi connectivity index (χ1n) is 5.36. The molecule has 0 amide bonds. The molecule has 0 saturated carbocycles. The van der Waals surface area contributed by atoms with Crippen LogP contribution in [0.4, 0.5) is 0 Å². The molecule has 16 heavy (non-hydrogen) atoms. The summed E-state index contributed by atoms with van der Waals surface area (Å²) < 4.78 is 3.73. The molecule has 2 heterocycles. The van der Waals surface area contributed by atoms with Crippen LogP contribution in [0.15, 0.2) is 18.7 Å². The summed E-state index contributed by atoms with van der Waals surface area (Å²) in [5.74, 6) is 0.811. The molecular weight excluding hydrogens is 204 g/mol. The van der Waals surface area contributed by atoms with E-state index in [1.165, 1.54) is 0 Å². The van der Waals surface area contributed by atoms with Crippen LogP contribution in [0, 0.1) is 0 Å². The maximum atomic E-state index is 4.34. The number of hydrogen-bond donors (Lipinski definition) is 1. The van der Waals surface area contributed by atoms with Crippen LogP contribution in [-0.2, 0) is 19.6 Å². The van der Waals surface area contributed by atoms with Crippen LogP contribution in [0.3, 0.4) is 0 Å². The Morgan fingerprint density at radius 1 is 1.38 bits per heavy atom. The number of hydrogen-bond acceptors (Lipinski definition) is 4. The fourth-order valence-electron chi connectivity index (χ4n) is 1.50. The topological polar surface area (TPSA) is 60.6 Å². The highest BCUT2D eigenvalue weighted by Gasteiger charge is 2.02. The highest BCUT2D eigenvalue weighted by atomic mass is 15.3. The van der Waals surface area contributed by atoms with E-state index in [1.54, 1.807) is 6.33 Å². The minimum absolute atomic E-state index is 0.696. The van der Waals surface area contributed by atoms with Gasteiger partial charge in [0.2, 0.25) is 0 Å². The molecule has 0 bridgehead atoms. The van der Waals surface area contributed by atoms with Gasteiger partial charge in [0, 0.05) is 18.3 Å². The van der Waals surface area contributed by atoms with Crippen molar-refractivity contribution in [2.24, 2.45) is 0 Å². The predicted octanol–water partition coefficient (Wildman–Crippen LogP) is 0.262. The van der Waals surface area contributed by atoms with Gasteiger partial charge in [-0.3, -0.25) is 4.68 Å². The van der Waals surface area contributed by atoms with E-state index in [4.69, 9.17) is 0 Å². The van der Waals surface area contributed by atoms with E-state index >= 15 is 0 Å². The molecule has 0 atom stereocenters. The first-order chi connectivity index (χ1) is 7.81. The summed E-state index contributed by atoms with van der Waals surface area (Å²) in [4.78, 5) is 4.19. The van der Waals surface area contributed by atoms with Crippen LogP contribution in [0.25, 0.3) is 0 Å². The monoisotopic (exact) mass is 220 g/mol. The first kappa shape index (κ1) is 10.8. The summed E-state index contributed by atoms with van der Waals surface area (Å²) in [7, 11) is 1.88. The second-order valence-electron chi connectivity index (χ2n) is 3.59. The number of nitrogens with one attached hydrogen (secondary N) is 1. The molecule has 0 saturated heterocycles. The quantitative estimate of drug-likeness (QED) is 0.785. The van der Waals surface area contributed by atoms with Crippen LogP contribution in [-0.4, -0.2) is 31.6 Å². The highest BCUT2D eigenvalue weighted by molar-refractivity contribution is 5.04. The molecule has 0 unspecified atom stereocenters. The molecule has 6 heteroatoms. The maximum Gasteiger partial charge on any atom is 0.164 e. The third-order valence-corrected chi connectivity index (χ3v) is 2.27. The third kappa shape index (κ3) is 2.46. The van der Waals surface area contributed by atoms with E-state index in [-0.39, 0.29) is 0 Å². The molecule has 2 rings (SSSR count). The van der Waals surface area contributed by atoms with Gasteiger partial charge in [0.1, 0.15) is 6.33 Å². The van der Waals surface area contributed by atoms with Gasteiger partial charge in [-0.2, -0.15) is 10.2 Å². The van der Waals surface area contributed by atoms with E-state index < -0.39 is 0 Å². The SMILES string of the molecule is CCn1cc(Cn2cnc(CNC)n2)cn1. The van der Waals surface area contributed by atoms with Gasteiger partial charge in [-0.15, -0.1) is 0 Å². The maximum absolute atomic E-state index is 4.34. The van der Waals surface area contributed by atoms with Gasteiger partial charge in [-0.05, 0) is 14.0 Å². The molecule has 0 spiro atoms. The lowest BCUT2D eigenvalue weighted by Crippen LogP contribution is -2.08. The molecule has 2 aromatic heterocycles. The van der Waals surface area contributed by atoms with E-state index in [1.807, 2.05) is 28.8 Å². The largest absolute Gasteiger partial charge is 0.313 e. The van der Waals surface area contributed by atoms with Crippen LogP contribution in [0.1, 0.15) is 18.3 Å². The lowest BCUT2D eigenvalue weighted by Gasteiger charge is -1.96. The summed E-state index contributed by atoms with van der Waals surface area (Å²) in [6.45, 7) is 4.37. The van der Waals surface area contributed by atoms with E-state index in [2.05, 4.69) is 27.4 Å². The first-order valence-corrected chi connectivity index (χ1v) is 5.36. The van der Waals surface area contributed by atoms with Crippen LogP contribution < -0.4 is 5.32 Å². The van der Waals surface area contributed by atoms with Gasteiger partial charge in [-0.25, -0.2) is 9.67 Å². The Hall–Kier alpha value is -1.69. The Kier molecular flexibility index (Phi) is 3.31. The van der Waals surface area contributed by atoms with Crippen molar-refractivity contribution >= 4 is 0 Å². The minimum Gasteiger partial charge on any atom is -0.313 e. The lowest BCUT2D eigenvalue weighted by molar-refractivity contribution is 0.648. The molecule has 0 aromatic carbocycles. The van der Waals surface area contributed by atoms with Crippen molar-refractivity contribution in [1.29, 1.82) is 0 Å². The smallest absolute Gasteiger partial charge is 0.164 e. The molecule has 0 aliphatic carbocycles. The van der Waals surface area contributed by atoms with Crippen molar-refractivity contribution < 1.29 is 0 Å². The lowest BCUT2D eigenvalue weighted by atomic mass is 10.4. The van der Waals surface area contributed by atoms with Gasteiger partial charge >= 0.3 is 0 Å². The van der Waals surface area contributed by atoms with Gasteiger partial charge in [-0.1, -0.05) is 0 Å². The zero-order chi connectivity index (χ0) is 11.4. The van der Waals surface area contributed by atoms with Gasteiger partial charge in [0.15, 0.2) is 5.82 Å². The van der Waals surface area contributed by atoms with Crippen molar-refractivity contribution in [3.8, 4) is 0 Å². The van der Waals surface area contributed by atoms with Crippen LogP contribution in [0.5, 0.6) is 0 Å². The van der Waals surface area contributed by atoms with E-state index in [0.717, 1.165) is 24.5 Å². The molecule has 2 aromatic rings.